The van der Waals surface area contributed by atoms with E-state index in [0.717, 1.165) is 0 Å². The minimum Gasteiger partial charge on any atom is -0.497 e. The van der Waals surface area contributed by atoms with Crippen molar-refractivity contribution in [1.29, 1.82) is 0 Å². The van der Waals surface area contributed by atoms with Crippen molar-refractivity contribution in [2.45, 2.75) is 0 Å². The average Bonchev–Trinajstić information content (AvgIpc) is 2.36. The summed E-state index contributed by atoms with van der Waals surface area (Å²) in [4.78, 5) is 22.0. The molecular weight excluding hydrogens is 238 g/mol. The summed E-state index contributed by atoms with van der Waals surface area (Å²) in [6.07, 6.45) is 0.568. The average molecular weight is 254 g/mol. The van der Waals surface area contributed by atoms with Gasteiger partial charge < -0.3 is 14.6 Å². The Kier molecular flexibility index (Phi) is 4.28. The fraction of sp³-hybridized carbons (Fsp3) is 0.333. The molecule has 1 amide bonds. The zero-order valence-corrected chi connectivity index (χ0v) is 10.5. The van der Waals surface area contributed by atoms with E-state index in [-0.39, 0.29) is 6.54 Å². The predicted molar refractivity (Wildman–Crippen MR) is 65.8 cm³/mol. The second-order valence-electron chi connectivity index (χ2n) is 3.96. The van der Waals surface area contributed by atoms with Crippen LogP contribution in [0.15, 0.2) is 18.2 Å². The molecule has 0 radical (unpaired) electrons. The smallest absolute Gasteiger partial charge is 0.360 e. The SMILES string of the molecule is COc1ccc([N+](C)(C=O)CC(=O)O)c(OC)c1. The second-order valence-corrected chi connectivity index (χ2v) is 3.96. The van der Waals surface area contributed by atoms with E-state index < -0.39 is 10.5 Å². The van der Waals surface area contributed by atoms with Crippen LogP contribution in [0.4, 0.5) is 5.69 Å². The van der Waals surface area contributed by atoms with Gasteiger partial charge in [-0.25, -0.2) is 14.1 Å². The minimum absolute atomic E-state index is 0.355. The molecule has 0 saturated carbocycles. The first-order chi connectivity index (χ1) is 8.46. The molecule has 1 atom stereocenters. The van der Waals surface area contributed by atoms with Gasteiger partial charge in [0, 0.05) is 12.1 Å². The number of rotatable bonds is 6. The summed E-state index contributed by atoms with van der Waals surface area (Å²) in [6, 6.07) is 4.88. The number of quaternary nitrogens is 1. The van der Waals surface area contributed by atoms with Gasteiger partial charge >= 0.3 is 12.4 Å². The van der Waals surface area contributed by atoms with Crippen molar-refractivity contribution >= 4 is 18.1 Å². The zero-order valence-electron chi connectivity index (χ0n) is 10.5. The number of carboxylic acid groups (broad SMARTS) is 1. The van der Waals surface area contributed by atoms with Crippen LogP contribution in [0.3, 0.4) is 0 Å². The molecule has 0 bridgehead atoms. The van der Waals surface area contributed by atoms with E-state index in [2.05, 4.69) is 0 Å². The topological polar surface area (TPSA) is 72.8 Å². The number of nitrogens with zero attached hydrogens (tertiary/aromatic N) is 1. The molecule has 0 heterocycles. The number of carbonyl (C=O) groups is 2. The molecule has 0 saturated heterocycles. The Labute approximate surface area is 105 Å². The van der Waals surface area contributed by atoms with E-state index >= 15 is 0 Å². The van der Waals surface area contributed by atoms with E-state index in [1.165, 1.54) is 21.3 Å². The van der Waals surface area contributed by atoms with E-state index in [4.69, 9.17) is 14.6 Å². The Bertz CT molecular complexity index is 460. The Balaban J connectivity index is 3.28. The lowest BCUT2D eigenvalue weighted by atomic mass is 10.2. The van der Waals surface area contributed by atoms with Crippen LogP contribution >= 0.6 is 0 Å². The van der Waals surface area contributed by atoms with Gasteiger partial charge in [-0.1, -0.05) is 0 Å². The van der Waals surface area contributed by atoms with Crippen molar-refractivity contribution < 1.29 is 24.2 Å². The molecule has 18 heavy (non-hydrogen) atoms. The molecule has 0 aromatic heterocycles. The van der Waals surface area contributed by atoms with E-state index in [9.17, 15) is 9.59 Å². The van der Waals surface area contributed by atoms with E-state index in [1.54, 1.807) is 18.2 Å². The number of carboxylic acids is 1. The van der Waals surface area contributed by atoms with Gasteiger partial charge in [-0.15, -0.1) is 0 Å². The number of hydrogen-bond donors (Lipinski definition) is 1. The number of methoxy groups -OCH3 is 2. The van der Waals surface area contributed by atoms with Gasteiger partial charge in [0.25, 0.3) is 0 Å². The lowest BCUT2D eigenvalue weighted by Crippen LogP contribution is -2.47. The molecule has 1 aromatic carbocycles. The van der Waals surface area contributed by atoms with Crippen molar-refractivity contribution in [3.8, 4) is 11.5 Å². The summed E-state index contributed by atoms with van der Waals surface area (Å²) >= 11 is 0. The largest absolute Gasteiger partial charge is 0.497 e. The molecular formula is C12H16NO5+. The standard InChI is InChI=1S/C12H15NO5/c1-13(8-14,7-12(15)16)10-5-4-9(17-2)6-11(10)18-3/h4-6,8H,7H2,1-3H3/p+1. The fourth-order valence-corrected chi connectivity index (χ4v) is 1.67. The van der Waals surface area contributed by atoms with Gasteiger partial charge in [0.1, 0.15) is 5.75 Å². The number of benzene rings is 1. The first-order valence-corrected chi connectivity index (χ1v) is 5.23. The highest BCUT2D eigenvalue weighted by Gasteiger charge is 2.31. The summed E-state index contributed by atoms with van der Waals surface area (Å²) in [5.41, 5.74) is 0.468. The Morgan fingerprint density at radius 3 is 2.50 bits per heavy atom. The summed E-state index contributed by atoms with van der Waals surface area (Å²) in [6.45, 7) is -0.355. The highest BCUT2D eigenvalue weighted by molar-refractivity contribution is 5.82. The van der Waals surface area contributed by atoms with Crippen LogP contribution in [-0.4, -0.2) is 45.3 Å². The molecule has 6 nitrogen and oxygen atoms in total. The highest BCUT2D eigenvalue weighted by Crippen LogP contribution is 2.34. The van der Waals surface area contributed by atoms with Crippen LogP contribution in [0, 0.1) is 0 Å². The first-order valence-electron chi connectivity index (χ1n) is 5.23. The zero-order chi connectivity index (χ0) is 13.8. The van der Waals surface area contributed by atoms with Crippen LogP contribution in [0.1, 0.15) is 0 Å². The van der Waals surface area contributed by atoms with Gasteiger partial charge in [-0.2, -0.15) is 0 Å². The van der Waals surface area contributed by atoms with E-state index in [1.807, 2.05) is 0 Å². The van der Waals surface area contributed by atoms with Gasteiger partial charge in [0.05, 0.1) is 21.3 Å². The Morgan fingerprint density at radius 2 is 2.06 bits per heavy atom. The van der Waals surface area contributed by atoms with Crippen molar-refractivity contribution in [3.63, 3.8) is 0 Å². The number of amides is 1. The third kappa shape index (κ3) is 2.78. The Hall–Kier alpha value is -2.08. The lowest BCUT2D eigenvalue weighted by Gasteiger charge is -2.26. The minimum atomic E-state index is -1.07. The molecule has 0 aliphatic heterocycles. The molecule has 98 valence electrons. The first kappa shape index (κ1) is 14.0. The maximum atomic E-state index is 11.2. The van der Waals surface area contributed by atoms with Gasteiger partial charge in [-0.05, 0) is 6.07 Å². The van der Waals surface area contributed by atoms with Gasteiger partial charge in [-0.3, -0.25) is 0 Å². The molecule has 1 aromatic rings. The second kappa shape index (κ2) is 5.50. The quantitative estimate of drug-likeness (QED) is 0.602. The molecule has 0 fully saturated rings. The lowest BCUT2D eigenvalue weighted by molar-refractivity contribution is -0.139. The summed E-state index contributed by atoms with van der Waals surface area (Å²) in [5.74, 6) is -0.0870. The molecule has 6 heteroatoms. The molecule has 1 rings (SSSR count). The number of hydrogen-bond acceptors (Lipinski definition) is 4. The molecule has 1 N–H and O–H groups in total. The fourth-order valence-electron chi connectivity index (χ4n) is 1.67. The van der Waals surface area contributed by atoms with Crippen LogP contribution in [-0.2, 0) is 9.59 Å². The Morgan fingerprint density at radius 1 is 1.39 bits per heavy atom. The van der Waals surface area contributed by atoms with Gasteiger partial charge in [0.2, 0.25) is 0 Å². The van der Waals surface area contributed by atoms with Crippen molar-refractivity contribution in [3.05, 3.63) is 18.2 Å². The monoisotopic (exact) mass is 254 g/mol. The number of likely N-dealkylation sites (N-methyl/N-ethyl adjacent to an activating group) is 1. The van der Waals surface area contributed by atoms with E-state index in [0.29, 0.717) is 23.6 Å². The maximum absolute atomic E-state index is 11.2. The summed E-state index contributed by atoms with van der Waals surface area (Å²) in [5, 5.41) is 8.87. The van der Waals surface area contributed by atoms with Crippen molar-refractivity contribution in [2.24, 2.45) is 0 Å². The maximum Gasteiger partial charge on any atom is 0.360 e. The third-order valence-electron chi connectivity index (χ3n) is 2.63. The third-order valence-corrected chi connectivity index (χ3v) is 2.63. The van der Waals surface area contributed by atoms with Crippen LogP contribution in [0.25, 0.3) is 0 Å². The van der Waals surface area contributed by atoms with Crippen molar-refractivity contribution in [1.82, 2.24) is 4.48 Å². The van der Waals surface area contributed by atoms with Crippen LogP contribution < -0.4 is 14.0 Å². The molecule has 1 unspecified atom stereocenters. The highest BCUT2D eigenvalue weighted by atomic mass is 16.5. The molecule has 0 aliphatic carbocycles. The number of aliphatic carboxylic acids is 1. The van der Waals surface area contributed by atoms with Gasteiger partial charge in [0.15, 0.2) is 18.0 Å². The number of ether oxygens (including phenoxy) is 2. The molecule has 0 spiro atoms. The predicted octanol–water partition coefficient (Wildman–Crippen LogP) is 0.882. The number of carbonyl (C=O) groups excluding carboxylic acids is 1. The van der Waals surface area contributed by atoms with Crippen LogP contribution in [0.2, 0.25) is 0 Å². The molecule has 0 aliphatic rings. The summed E-state index contributed by atoms with van der Waals surface area (Å²) < 4.78 is 9.82. The van der Waals surface area contributed by atoms with Crippen LogP contribution in [0.5, 0.6) is 11.5 Å². The summed E-state index contributed by atoms with van der Waals surface area (Å²) in [7, 11) is 4.47. The normalized spacial score (nSPS) is 13.5. The van der Waals surface area contributed by atoms with Crippen molar-refractivity contribution in [2.75, 3.05) is 27.8 Å².